The van der Waals surface area contributed by atoms with Crippen LogP contribution < -0.4 is 4.74 Å². The lowest BCUT2D eigenvalue weighted by Crippen LogP contribution is -2.03. The van der Waals surface area contributed by atoms with Crippen LogP contribution in [0.4, 0.5) is 0 Å². The number of benzene rings is 2. The maximum Gasteiger partial charge on any atom is 0.120 e. The Morgan fingerprint density at radius 2 is 1.84 bits per heavy atom. The van der Waals surface area contributed by atoms with Gasteiger partial charge in [0.15, 0.2) is 0 Å². The largest absolute Gasteiger partial charge is 0.489 e. The molecule has 2 heterocycles. The number of pyridine rings is 1. The SMILES string of the molecule is CC(C)Cn1cnc2cnc3ccc(OCc4ccccc4)cc3c21. The van der Waals surface area contributed by atoms with Gasteiger partial charge in [0.2, 0.25) is 0 Å². The van der Waals surface area contributed by atoms with E-state index in [9.17, 15) is 0 Å². The summed E-state index contributed by atoms with van der Waals surface area (Å²) in [6.07, 6.45) is 3.75. The second-order valence-corrected chi connectivity index (χ2v) is 6.74. The van der Waals surface area contributed by atoms with Crippen molar-refractivity contribution in [1.29, 1.82) is 0 Å². The monoisotopic (exact) mass is 331 g/mol. The molecule has 0 fully saturated rings. The third-order valence-corrected chi connectivity index (χ3v) is 4.23. The first-order chi connectivity index (χ1) is 12.2. The topological polar surface area (TPSA) is 39.9 Å². The number of hydrogen-bond donors (Lipinski definition) is 0. The molecule has 0 radical (unpaired) electrons. The van der Waals surface area contributed by atoms with E-state index in [1.54, 1.807) is 0 Å². The lowest BCUT2D eigenvalue weighted by molar-refractivity contribution is 0.306. The number of aromatic nitrogens is 3. The van der Waals surface area contributed by atoms with Crippen LogP contribution in [0.2, 0.25) is 0 Å². The quantitative estimate of drug-likeness (QED) is 0.526. The van der Waals surface area contributed by atoms with Crippen LogP contribution in [-0.2, 0) is 13.2 Å². The predicted molar refractivity (Wildman–Crippen MR) is 101 cm³/mol. The third-order valence-electron chi connectivity index (χ3n) is 4.23. The molecule has 2 aromatic carbocycles. The number of hydrogen-bond acceptors (Lipinski definition) is 3. The van der Waals surface area contributed by atoms with Gasteiger partial charge in [-0.15, -0.1) is 0 Å². The molecule has 0 bridgehead atoms. The fourth-order valence-corrected chi connectivity index (χ4v) is 3.10. The molecular weight excluding hydrogens is 310 g/mol. The summed E-state index contributed by atoms with van der Waals surface area (Å²) in [5.41, 5.74) is 4.17. The highest BCUT2D eigenvalue weighted by atomic mass is 16.5. The average Bonchev–Trinajstić information content (AvgIpc) is 3.03. The average molecular weight is 331 g/mol. The number of ether oxygens (including phenoxy) is 1. The van der Waals surface area contributed by atoms with Gasteiger partial charge in [-0.2, -0.15) is 0 Å². The minimum Gasteiger partial charge on any atom is -0.489 e. The van der Waals surface area contributed by atoms with Crippen molar-refractivity contribution in [3.05, 3.63) is 66.6 Å². The van der Waals surface area contributed by atoms with Crippen LogP contribution in [0.25, 0.3) is 21.9 Å². The molecule has 0 amide bonds. The van der Waals surface area contributed by atoms with Gasteiger partial charge < -0.3 is 9.30 Å². The van der Waals surface area contributed by atoms with Gasteiger partial charge in [-0.05, 0) is 29.7 Å². The van der Waals surface area contributed by atoms with Crippen LogP contribution in [0.1, 0.15) is 19.4 Å². The summed E-state index contributed by atoms with van der Waals surface area (Å²) in [5, 5.41) is 1.08. The van der Waals surface area contributed by atoms with E-state index in [4.69, 9.17) is 4.74 Å². The Labute approximate surface area is 147 Å². The molecule has 4 nitrogen and oxygen atoms in total. The molecule has 0 aliphatic heterocycles. The fourth-order valence-electron chi connectivity index (χ4n) is 3.10. The molecular formula is C21H21N3O. The van der Waals surface area contributed by atoms with Crippen LogP contribution in [0.15, 0.2) is 61.1 Å². The summed E-state index contributed by atoms with van der Waals surface area (Å²) >= 11 is 0. The fraction of sp³-hybridized carbons (Fsp3) is 0.238. The number of nitrogens with zero attached hydrogens (tertiary/aromatic N) is 3. The predicted octanol–water partition coefficient (Wildman–Crippen LogP) is 4.82. The van der Waals surface area contributed by atoms with E-state index in [0.29, 0.717) is 12.5 Å². The summed E-state index contributed by atoms with van der Waals surface area (Å²) in [7, 11) is 0. The van der Waals surface area contributed by atoms with Crippen molar-refractivity contribution in [2.75, 3.05) is 0 Å². The van der Waals surface area contributed by atoms with Gasteiger partial charge in [-0.25, -0.2) is 4.98 Å². The summed E-state index contributed by atoms with van der Waals surface area (Å²) < 4.78 is 8.20. The zero-order chi connectivity index (χ0) is 17.2. The van der Waals surface area contributed by atoms with Crippen molar-refractivity contribution < 1.29 is 4.74 Å². The lowest BCUT2D eigenvalue weighted by atomic mass is 10.1. The van der Waals surface area contributed by atoms with E-state index in [0.717, 1.165) is 39.8 Å². The normalized spacial score (nSPS) is 11.5. The van der Waals surface area contributed by atoms with Gasteiger partial charge in [-0.1, -0.05) is 44.2 Å². The van der Waals surface area contributed by atoms with Crippen LogP contribution in [0, 0.1) is 5.92 Å². The summed E-state index contributed by atoms with van der Waals surface area (Å²) in [4.78, 5) is 9.03. The van der Waals surface area contributed by atoms with Crippen molar-refractivity contribution in [1.82, 2.24) is 14.5 Å². The van der Waals surface area contributed by atoms with Crippen LogP contribution in [0.5, 0.6) is 5.75 Å². The Bertz CT molecular complexity index is 1010. The molecule has 2 aromatic heterocycles. The minimum absolute atomic E-state index is 0.554. The van der Waals surface area contributed by atoms with E-state index >= 15 is 0 Å². The van der Waals surface area contributed by atoms with Crippen LogP contribution >= 0.6 is 0 Å². The third kappa shape index (κ3) is 3.20. The standard InChI is InChI=1S/C21H21N3O/c1-15(2)12-24-14-23-20-11-22-19-9-8-17(10-18(19)21(20)24)25-13-16-6-4-3-5-7-16/h3-11,14-15H,12-13H2,1-2H3. The number of rotatable bonds is 5. The Morgan fingerprint density at radius 1 is 1.00 bits per heavy atom. The highest BCUT2D eigenvalue weighted by molar-refractivity contribution is 6.02. The van der Waals surface area contributed by atoms with E-state index in [1.807, 2.05) is 42.9 Å². The summed E-state index contributed by atoms with van der Waals surface area (Å²) in [6, 6.07) is 16.3. The van der Waals surface area contributed by atoms with Gasteiger partial charge in [0.25, 0.3) is 0 Å². The smallest absolute Gasteiger partial charge is 0.120 e. The maximum absolute atomic E-state index is 5.99. The molecule has 0 aliphatic rings. The minimum atomic E-state index is 0.554. The Kier molecular flexibility index (Phi) is 4.10. The van der Waals surface area contributed by atoms with Gasteiger partial charge in [0, 0.05) is 11.9 Å². The van der Waals surface area contributed by atoms with Gasteiger partial charge in [0.1, 0.15) is 17.9 Å². The van der Waals surface area contributed by atoms with Gasteiger partial charge in [-0.3, -0.25) is 4.98 Å². The van der Waals surface area contributed by atoms with Gasteiger partial charge in [0.05, 0.1) is 23.6 Å². The van der Waals surface area contributed by atoms with E-state index in [1.165, 1.54) is 0 Å². The lowest BCUT2D eigenvalue weighted by Gasteiger charge is -2.11. The van der Waals surface area contributed by atoms with Crippen molar-refractivity contribution in [3.8, 4) is 5.75 Å². The molecule has 0 aliphatic carbocycles. The zero-order valence-corrected chi connectivity index (χ0v) is 14.5. The van der Waals surface area contributed by atoms with E-state index < -0.39 is 0 Å². The highest BCUT2D eigenvalue weighted by Gasteiger charge is 2.10. The summed E-state index contributed by atoms with van der Waals surface area (Å²) in [6.45, 7) is 5.92. The molecule has 4 rings (SSSR count). The molecule has 0 saturated carbocycles. The first-order valence-corrected chi connectivity index (χ1v) is 8.61. The second kappa shape index (κ2) is 6.55. The van der Waals surface area contributed by atoms with Crippen LogP contribution in [0.3, 0.4) is 0 Å². The number of fused-ring (bicyclic) bond motifs is 3. The molecule has 25 heavy (non-hydrogen) atoms. The van der Waals surface area contributed by atoms with Crippen LogP contribution in [-0.4, -0.2) is 14.5 Å². The Morgan fingerprint density at radius 3 is 2.64 bits per heavy atom. The first-order valence-electron chi connectivity index (χ1n) is 8.61. The first kappa shape index (κ1) is 15.6. The molecule has 4 aromatic rings. The Balaban J connectivity index is 1.72. The molecule has 0 N–H and O–H groups in total. The Hall–Kier alpha value is -2.88. The van der Waals surface area contributed by atoms with E-state index in [2.05, 4.69) is 46.6 Å². The molecule has 126 valence electrons. The highest BCUT2D eigenvalue weighted by Crippen LogP contribution is 2.27. The molecule has 0 atom stereocenters. The molecule has 0 unspecified atom stereocenters. The van der Waals surface area contributed by atoms with Crippen molar-refractivity contribution in [2.24, 2.45) is 5.92 Å². The zero-order valence-electron chi connectivity index (χ0n) is 14.5. The van der Waals surface area contributed by atoms with Crippen molar-refractivity contribution >= 4 is 21.9 Å². The number of imidazole rings is 1. The molecule has 0 spiro atoms. The van der Waals surface area contributed by atoms with E-state index in [-0.39, 0.29) is 0 Å². The molecule has 4 heteroatoms. The van der Waals surface area contributed by atoms with Crippen molar-refractivity contribution in [2.45, 2.75) is 27.0 Å². The second-order valence-electron chi connectivity index (χ2n) is 6.74. The maximum atomic E-state index is 5.99. The summed E-state index contributed by atoms with van der Waals surface area (Å²) in [5.74, 6) is 1.40. The van der Waals surface area contributed by atoms with Gasteiger partial charge >= 0.3 is 0 Å². The van der Waals surface area contributed by atoms with Crippen molar-refractivity contribution in [3.63, 3.8) is 0 Å². The molecule has 0 saturated heterocycles.